The molecule has 2 aromatic carbocycles. The van der Waals surface area contributed by atoms with Gasteiger partial charge in [0.1, 0.15) is 5.51 Å². The molecule has 136 valence electrons. The number of nitrogens with zero attached hydrogens (tertiary/aromatic N) is 2. The van der Waals surface area contributed by atoms with Crippen LogP contribution in [0.3, 0.4) is 0 Å². The van der Waals surface area contributed by atoms with Gasteiger partial charge in [0, 0.05) is 5.92 Å². The maximum absolute atomic E-state index is 13.3. The number of benzene rings is 2. The smallest absolute Gasteiger partial charge is 0.233 e. The van der Waals surface area contributed by atoms with Gasteiger partial charge >= 0.3 is 0 Å². The van der Waals surface area contributed by atoms with Crippen molar-refractivity contribution in [2.45, 2.75) is 38.0 Å². The molecule has 0 bridgehead atoms. The maximum atomic E-state index is 13.3. The lowest BCUT2D eigenvalue weighted by Crippen LogP contribution is -2.37. The molecule has 1 heterocycles. The summed E-state index contributed by atoms with van der Waals surface area (Å²) in [5.41, 5.74) is 6.28. The highest BCUT2D eigenvalue weighted by molar-refractivity contribution is 7.13. The van der Waals surface area contributed by atoms with E-state index in [0.717, 1.165) is 6.42 Å². The van der Waals surface area contributed by atoms with E-state index in [1.54, 1.807) is 5.51 Å². The fourth-order valence-corrected chi connectivity index (χ4v) is 4.87. The summed E-state index contributed by atoms with van der Waals surface area (Å²) in [4.78, 5) is 13.3. The first-order valence-corrected chi connectivity index (χ1v) is 10.3. The van der Waals surface area contributed by atoms with E-state index in [4.69, 9.17) is 0 Å². The van der Waals surface area contributed by atoms with Crippen LogP contribution in [-0.4, -0.2) is 16.1 Å². The zero-order chi connectivity index (χ0) is 18.4. The molecule has 0 unspecified atom stereocenters. The lowest BCUT2D eigenvalue weighted by Gasteiger charge is -2.31. The van der Waals surface area contributed by atoms with Gasteiger partial charge in [-0.2, -0.15) is 0 Å². The Balaban J connectivity index is 1.58. The molecule has 1 fully saturated rings. The molecule has 27 heavy (non-hydrogen) atoms. The van der Waals surface area contributed by atoms with Crippen molar-refractivity contribution in [2.24, 2.45) is 5.41 Å². The molecule has 0 saturated heterocycles. The second-order valence-electron chi connectivity index (χ2n) is 7.87. The number of hydrogen-bond donors (Lipinski definition) is 1. The molecule has 1 N–H and O–H groups in total. The topological polar surface area (TPSA) is 54.9 Å². The van der Waals surface area contributed by atoms with Crippen LogP contribution < -0.4 is 5.32 Å². The van der Waals surface area contributed by atoms with E-state index in [-0.39, 0.29) is 11.8 Å². The van der Waals surface area contributed by atoms with E-state index in [2.05, 4.69) is 64.9 Å². The number of anilines is 1. The molecule has 2 atom stereocenters. The second kappa shape index (κ2) is 6.27. The molecule has 1 saturated carbocycles. The molecule has 2 aliphatic rings. The molecule has 0 spiro atoms. The van der Waals surface area contributed by atoms with Crippen molar-refractivity contribution in [3.05, 3.63) is 76.3 Å². The number of nitrogens with one attached hydrogen (secondary N) is 1. The van der Waals surface area contributed by atoms with Gasteiger partial charge in [0.2, 0.25) is 11.0 Å². The normalized spacial score (nSPS) is 23.8. The Morgan fingerprint density at radius 1 is 1.15 bits per heavy atom. The second-order valence-corrected chi connectivity index (χ2v) is 8.70. The fraction of sp³-hybridized carbons (Fsp3) is 0.318. The van der Waals surface area contributed by atoms with Crippen molar-refractivity contribution in [3.8, 4) is 0 Å². The lowest BCUT2D eigenvalue weighted by atomic mass is 9.73. The van der Waals surface area contributed by atoms with Gasteiger partial charge in [0.05, 0.1) is 5.41 Å². The van der Waals surface area contributed by atoms with Gasteiger partial charge in [-0.25, -0.2) is 0 Å². The van der Waals surface area contributed by atoms with E-state index in [9.17, 15) is 4.79 Å². The average molecular weight is 375 g/mol. The minimum atomic E-state index is -0.558. The molecule has 4 nitrogen and oxygen atoms in total. The molecule has 5 rings (SSSR count). The summed E-state index contributed by atoms with van der Waals surface area (Å²) in [6.45, 7) is 2.08. The van der Waals surface area contributed by atoms with Gasteiger partial charge in [-0.15, -0.1) is 10.2 Å². The van der Waals surface area contributed by atoms with Crippen LogP contribution in [0.2, 0.25) is 0 Å². The minimum absolute atomic E-state index is 0.0114. The zero-order valence-corrected chi connectivity index (χ0v) is 16.0. The molecule has 5 heteroatoms. The van der Waals surface area contributed by atoms with E-state index < -0.39 is 5.41 Å². The van der Waals surface area contributed by atoms with Crippen LogP contribution in [0.1, 0.15) is 53.9 Å². The molecule has 1 aromatic heterocycles. The molecule has 1 amide bonds. The Labute approximate surface area is 162 Å². The number of amides is 1. The molecule has 2 aliphatic carbocycles. The van der Waals surface area contributed by atoms with Crippen LogP contribution in [0.4, 0.5) is 5.13 Å². The SMILES string of the molecule is C[C@@]1(C(=O)Nc2nncs2)Cc2ccc(C3CC3)cc2[C@@H]1c1ccccc1. The third kappa shape index (κ3) is 2.86. The van der Waals surface area contributed by atoms with Crippen molar-refractivity contribution in [2.75, 3.05) is 5.32 Å². The highest BCUT2D eigenvalue weighted by Crippen LogP contribution is 2.53. The predicted octanol–water partition coefficient (Wildman–Crippen LogP) is 4.75. The summed E-state index contributed by atoms with van der Waals surface area (Å²) in [5, 5.41) is 11.4. The first-order valence-electron chi connectivity index (χ1n) is 9.40. The number of carbonyl (C=O) groups is 1. The van der Waals surface area contributed by atoms with Gasteiger partial charge in [-0.05, 0) is 54.4 Å². The van der Waals surface area contributed by atoms with Crippen molar-refractivity contribution >= 4 is 22.4 Å². The Hall–Kier alpha value is -2.53. The van der Waals surface area contributed by atoms with Crippen molar-refractivity contribution in [1.29, 1.82) is 0 Å². The summed E-state index contributed by atoms with van der Waals surface area (Å²) in [5.74, 6) is 0.756. The summed E-state index contributed by atoms with van der Waals surface area (Å²) in [6.07, 6.45) is 3.30. The van der Waals surface area contributed by atoms with Crippen LogP contribution in [-0.2, 0) is 11.2 Å². The van der Waals surface area contributed by atoms with Crippen LogP contribution >= 0.6 is 11.3 Å². The van der Waals surface area contributed by atoms with Crippen molar-refractivity contribution in [3.63, 3.8) is 0 Å². The number of hydrogen-bond acceptors (Lipinski definition) is 4. The van der Waals surface area contributed by atoms with E-state index >= 15 is 0 Å². The standard InChI is InChI=1S/C22H21N3OS/c1-22(20(26)24-21-25-23-13-27-21)12-17-10-9-16(14-7-8-14)11-18(17)19(22)15-5-3-2-4-6-15/h2-6,9-11,13-14,19H,7-8,12H2,1H3,(H,24,25,26)/t19-,22+/m0/s1. The third-order valence-corrected chi connectivity index (χ3v) is 6.56. The first kappa shape index (κ1) is 16.6. The van der Waals surface area contributed by atoms with Gasteiger partial charge in [-0.1, -0.05) is 59.9 Å². The molecular weight excluding hydrogens is 354 g/mol. The fourth-order valence-electron chi connectivity index (χ4n) is 4.43. The third-order valence-electron chi connectivity index (χ3n) is 5.96. The molecule has 0 aliphatic heterocycles. The highest BCUT2D eigenvalue weighted by atomic mass is 32.1. The Morgan fingerprint density at radius 3 is 2.67 bits per heavy atom. The van der Waals surface area contributed by atoms with Crippen LogP contribution in [0, 0.1) is 5.41 Å². The van der Waals surface area contributed by atoms with Crippen molar-refractivity contribution < 1.29 is 4.79 Å². The summed E-state index contributed by atoms with van der Waals surface area (Å²) >= 11 is 1.35. The monoisotopic (exact) mass is 375 g/mol. The Bertz CT molecular complexity index is 982. The molecular formula is C22H21N3OS. The highest BCUT2D eigenvalue weighted by Gasteiger charge is 2.49. The van der Waals surface area contributed by atoms with Gasteiger partial charge < -0.3 is 5.32 Å². The average Bonchev–Trinajstić information content (AvgIpc) is 3.32. The summed E-state index contributed by atoms with van der Waals surface area (Å²) in [7, 11) is 0. The maximum Gasteiger partial charge on any atom is 0.233 e. The molecule has 0 radical (unpaired) electrons. The van der Waals surface area contributed by atoms with Crippen LogP contribution in [0.5, 0.6) is 0 Å². The number of rotatable bonds is 4. The number of carbonyl (C=O) groups excluding carboxylic acids is 1. The number of aromatic nitrogens is 2. The van der Waals surface area contributed by atoms with E-state index in [1.165, 1.54) is 46.4 Å². The summed E-state index contributed by atoms with van der Waals surface area (Å²) in [6, 6.07) is 17.3. The number of fused-ring (bicyclic) bond motifs is 1. The zero-order valence-electron chi connectivity index (χ0n) is 15.2. The largest absolute Gasteiger partial charge is 0.300 e. The van der Waals surface area contributed by atoms with Gasteiger partial charge in [0.25, 0.3) is 0 Å². The van der Waals surface area contributed by atoms with Crippen LogP contribution in [0.25, 0.3) is 0 Å². The summed E-state index contributed by atoms with van der Waals surface area (Å²) < 4.78 is 0. The lowest BCUT2D eigenvalue weighted by molar-refractivity contribution is -0.125. The quantitative estimate of drug-likeness (QED) is 0.716. The van der Waals surface area contributed by atoms with E-state index in [1.807, 2.05) is 6.07 Å². The molecule has 3 aromatic rings. The van der Waals surface area contributed by atoms with Gasteiger partial charge in [-0.3, -0.25) is 4.79 Å². The van der Waals surface area contributed by atoms with Gasteiger partial charge in [0.15, 0.2) is 0 Å². The van der Waals surface area contributed by atoms with Crippen molar-refractivity contribution in [1.82, 2.24) is 10.2 Å². The van der Waals surface area contributed by atoms with Crippen LogP contribution in [0.15, 0.2) is 54.0 Å². The first-order chi connectivity index (χ1) is 13.1. The van der Waals surface area contributed by atoms with E-state index in [0.29, 0.717) is 11.0 Å². The minimum Gasteiger partial charge on any atom is -0.300 e. The predicted molar refractivity (Wildman–Crippen MR) is 107 cm³/mol. The Morgan fingerprint density at radius 2 is 1.96 bits per heavy atom. The Kier molecular flexibility index (Phi) is 3.86.